The number of aromatic nitrogens is 2. The van der Waals surface area contributed by atoms with Gasteiger partial charge in [-0.15, -0.1) is 0 Å². The molecule has 0 unspecified atom stereocenters. The molecule has 1 saturated heterocycles. The van der Waals surface area contributed by atoms with Crippen molar-refractivity contribution in [2.75, 3.05) is 50.0 Å². The molecule has 2 heterocycles. The van der Waals surface area contributed by atoms with Crippen molar-refractivity contribution in [3.63, 3.8) is 0 Å². The van der Waals surface area contributed by atoms with Crippen molar-refractivity contribution in [1.29, 1.82) is 0 Å². The molecule has 0 radical (unpaired) electrons. The molecule has 7 nitrogen and oxygen atoms in total. The van der Waals surface area contributed by atoms with Crippen molar-refractivity contribution in [3.05, 3.63) is 54.1 Å². The number of phenolic OH excluding ortho intramolecular Hbond substituents is 1. The Balaban J connectivity index is 1.34. The van der Waals surface area contributed by atoms with E-state index in [0.717, 1.165) is 73.4 Å². The first-order valence-corrected chi connectivity index (χ1v) is 9.94. The number of H-pyrrole nitrogens is 1. The molecular weight excluding hydrogens is 366 g/mol. The van der Waals surface area contributed by atoms with Gasteiger partial charge in [0.2, 0.25) is 0 Å². The fraction of sp³-hybridized carbons (Fsp3) is 0.318. The van der Waals surface area contributed by atoms with Crippen molar-refractivity contribution < 1.29 is 9.84 Å². The predicted octanol–water partition coefficient (Wildman–Crippen LogP) is 3.58. The minimum atomic E-state index is 0.251. The maximum absolute atomic E-state index is 9.43. The molecule has 152 valence electrons. The highest BCUT2D eigenvalue weighted by molar-refractivity contribution is 5.69. The van der Waals surface area contributed by atoms with Crippen molar-refractivity contribution >= 4 is 17.2 Å². The molecule has 1 fully saturated rings. The van der Waals surface area contributed by atoms with Crippen LogP contribution in [0.15, 0.2) is 48.5 Å². The van der Waals surface area contributed by atoms with Crippen LogP contribution in [0, 0.1) is 6.92 Å². The fourth-order valence-electron chi connectivity index (χ4n) is 3.41. The zero-order chi connectivity index (χ0) is 20.1. The Morgan fingerprint density at radius 3 is 2.66 bits per heavy atom. The molecule has 4 N–H and O–H groups in total. The summed E-state index contributed by atoms with van der Waals surface area (Å²) in [6.07, 6.45) is 0. The smallest absolute Gasteiger partial charge is 0.152 e. The molecule has 1 aliphatic heterocycles. The van der Waals surface area contributed by atoms with E-state index in [1.165, 1.54) is 0 Å². The molecule has 7 heteroatoms. The minimum Gasteiger partial charge on any atom is -0.508 e. The zero-order valence-corrected chi connectivity index (χ0v) is 16.6. The number of benzene rings is 2. The third kappa shape index (κ3) is 5.07. The number of anilines is 3. The molecule has 29 heavy (non-hydrogen) atoms. The summed E-state index contributed by atoms with van der Waals surface area (Å²) in [6.45, 7) is 7.72. The van der Waals surface area contributed by atoms with Crippen LogP contribution in [0.2, 0.25) is 0 Å². The largest absolute Gasteiger partial charge is 0.508 e. The second-order valence-electron chi connectivity index (χ2n) is 7.25. The van der Waals surface area contributed by atoms with Crippen LogP contribution >= 0.6 is 0 Å². The molecule has 1 aliphatic rings. The molecule has 0 saturated carbocycles. The molecule has 2 aromatic carbocycles. The number of aryl methyl sites for hydroxylation is 1. The second-order valence-corrected chi connectivity index (χ2v) is 7.25. The first kappa shape index (κ1) is 19.3. The van der Waals surface area contributed by atoms with E-state index >= 15 is 0 Å². The van der Waals surface area contributed by atoms with Gasteiger partial charge in [-0.3, -0.25) is 10.00 Å². The number of aromatic hydroxyl groups is 1. The summed E-state index contributed by atoms with van der Waals surface area (Å²) in [5, 5.41) is 23.7. The summed E-state index contributed by atoms with van der Waals surface area (Å²) in [5.74, 6) is 1.00. The van der Waals surface area contributed by atoms with E-state index in [0.29, 0.717) is 0 Å². The first-order valence-electron chi connectivity index (χ1n) is 9.94. The lowest BCUT2D eigenvalue weighted by Gasteiger charge is -2.26. The number of phenols is 1. The number of aromatic amines is 1. The number of hydrogen-bond donors (Lipinski definition) is 4. The van der Waals surface area contributed by atoms with Crippen molar-refractivity contribution in [2.24, 2.45) is 0 Å². The van der Waals surface area contributed by atoms with Crippen molar-refractivity contribution in [3.8, 4) is 17.0 Å². The summed E-state index contributed by atoms with van der Waals surface area (Å²) >= 11 is 0. The molecule has 4 rings (SSSR count). The Morgan fingerprint density at radius 2 is 1.90 bits per heavy atom. The first-order chi connectivity index (χ1) is 14.2. The van der Waals surface area contributed by atoms with Crippen LogP contribution in [-0.2, 0) is 4.74 Å². The van der Waals surface area contributed by atoms with Gasteiger partial charge in [0.1, 0.15) is 5.75 Å². The van der Waals surface area contributed by atoms with E-state index in [-0.39, 0.29) is 5.75 Å². The lowest BCUT2D eigenvalue weighted by atomic mass is 10.1. The van der Waals surface area contributed by atoms with Gasteiger partial charge in [-0.1, -0.05) is 0 Å². The van der Waals surface area contributed by atoms with Gasteiger partial charge in [0.05, 0.1) is 18.9 Å². The maximum Gasteiger partial charge on any atom is 0.152 e. The van der Waals surface area contributed by atoms with Gasteiger partial charge in [-0.2, -0.15) is 5.10 Å². The quantitative estimate of drug-likeness (QED) is 0.491. The Morgan fingerprint density at radius 1 is 1.10 bits per heavy atom. The van der Waals surface area contributed by atoms with E-state index in [9.17, 15) is 5.11 Å². The fourth-order valence-corrected chi connectivity index (χ4v) is 3.41. The topological polar surface area (TPSA) is 85.4 Å². The van der Waals surface area contributed by atoms with Gasteiger partial charge in [0, 0.05) is 43.6 Å². The molecule has 0 bridgehead atoms. The van der Waals surface area contributed by atoms with Crippen molar-refractivity contribution in [1.82, 2.24) is 15.1 Å². The van der Waals surface area contributed by atoms with E-state index in [4.69, 9.17) is 4.74 Å². The molecule has 0 amide bonds. The Hall–Kier alpha value is -3.03. The van der Waals surface area contributed by atoms with Crippen LogP contribution in [0.1, 0.15) is 5.56 Å². The summed E-state index contributed by atoms with van der Waals surface area (Å²) in [5.41, 5.74) is 5.16. The van der Waals surface area contributed by atoms with Crippen molar-refractivity contribution in [2.45, 2.75) is 6.92 Å². The Kier molecular flexibility index (Phi) is 5.97. The number of rotatable bonds is 7. The molecule has 0 atom stereocenters. The minimum absolute atomic E-state index is 0.251. The second kappa shape index (κ2) is 8.98. The molecule has 0 aliphatic carbocycles. The van der Waals surface area contributed by atoms with Crippen LogP contribution in [-0.4, -0.2) is 59.6 Å². The molecule has 1 aromatic heterocycles. The SMILES string of the molecule is Cc1cc(NCCN2CCOCC2)ccc1Nc1cc(-c2ccc(O)cc2)[nH]n1. The molecule has 0 spiro atoms. The monoisotopic (exact) mass is 393 g/mol. The lowest BCUT2D eigenvalue weighted by Crippen LogP contribution is -2.39. The highest BCUT2D eigenvalue weighted by Crippen LogP contribution is 2.26. The summed E-state index contributed by atoms with van der Waals surface area (Å²) in [6, 6.07) is 15.3. The highest BCUT2D eigenvalue weighted by Gasteiger charge is 2.10. The van der Waals surface area contributed by atoms with Gasteiger partial charge in [0.25, 0.3) is 0 Å². The normalized spacial score (nSPS) is 14.7. The van der Waals surface area contributed by atoms with Gasteiger partial charge >= 0.3 is 0 Å². The van der Waals surface area contributed by atoms with Gasteiger partial charge < -0.3 is 20.5 Å². The van der Waals surface area contributed by atoms with Crippen LogP contribution in [0.25, 0.3) is 11.3 Å². The van der Waals surface area contributed by atoms with Gasteiger partial charge in [0.15, 0.2) is 5.82 Å². The average Bonchev–Trinajstić information content (AvgIpc) is 3.20. The zero-order valence-electron chi connectivity index (χ0n) is 16.6. The third-order valence-corrected chi connectivity index (χ3v) is 5.11. The highest BCUT2D eigenvalue weighted by atomic mass is 16.5. The number of morpholine rings is 1. The summed E-state index contributed by atoms with van der Waals surface area (Å²) < 4.78 is 5.39. The van der Waals surface area contributed by atoms with Gasteiger partial charge in [-0.05, 0) is 60.5 Å². The van der Waals surface area contributed by atoms with Crippen LogP contribution < -0.4 is 10.6 Å². The molecular formula is C22H27N5O2. The average molecular weight is 393 g/mol. The number of nitrogens with one attached hydrogen (secondary N) is 3. The third-order valence-electron chi connectivity index (χ3n) is 5.11. The lowest BCUT2D eigenvalue weighted by molar-refractivity contribution is 0.0398. The standard InChI is InChI=1S/C22H27N5O2/c1-16-14-18(23-8-9-27-10-12-29-13-11-27)4-7-20(16)24-22-15-21(25-26-22)17-2-5-19(28)6-3-17/h2-7,14-15,23,28H,8-13H2,1H3,(H2,24,25,26). The summed E-state index contributed by atoms with van der Waals surface area (Å²) in [4.78, 5) is 2.42. The maximum atomic E-state index is 9.43. The number of ether oxygens (including phenoxy) is 1. The summed E-state index contributed by atoms with van der Waals surface area (Å²) in [7, 11) is 0. The van der Waals surface area contributed by atoms with Crippen LogP contribution in [0.5, 0.6) is 5.75 Å². The van der Waals surface area contributed by atoms with Crippen LogP contribution in [0.3, 0.4) is 0 Å². The van der Waals surface area contributed by atoms with E-state index in [1.54, 1.807) is 12.1 Å². The van der Waals surface area contributed by atoms with E-state index in [1.807, 2.05) is 18.2 Å². The number of hydrogen-bond acceptors (Lipinski definition) is 6. The van der Waals surface area contributed by atoms with Gasteiger partial charge in [-0.25, -0.2) is 0 Å². The molecule has 3 aromatic rings. The van der Waals surface area contributed by atoms with E-state index in [2.05, 4.69) is 50.9 Å². The predicted molar refractivity (Wildman–Crippen MR) is 116 cm³/mol. The Bertz CT molecular complexity index is 933. The number of nitrogens with zero attached hydrogens (tertiary/aromatic N) is 2. The Labute approximate surface area is 170 Å². The van der Waals surface area contributed by atoms with Crippen LogP contribution in [0.4, 0.5) is 17.2 Å². The van der Waals surface area contributed by atoms with E-state index < -0.39 is 0 Å².